The topological polar surface area (TPSA) is 97.2 Å². The third-order valence-electron chi connectivity index (χ3n) is 5.58. The first-order valence-corrected chi connectivity index (χ1v) is 11.7. The van der Waals surface area contributed by atoms with Gasteiger partial charge in [-0.15, -0.1) is 0 Å². The van der Waals surface area contributed by atoms with Gasteiger partial charge in [0.15, 0.2) is 0 Å². The van der Waals surface area contributed by atoms with Gasteiger partial charge in [-0.3, -0.25) is 9.36 Å². The fourth-order valence-electron chi connectivity index (χ4n) is 3.92. The van der Waals surface area contributed by atoms with Gasteiger partial charge in [-0.05, 0) is 47.0 Å². The van der Waals surface area contributed by atoms with E-state index in [1.54, 1.807) is 24.2 Å². The Hall–Kier alpha value is -2.98. The lowest BCUT2D eigenvalue weighted by molar-refractivity contribution is -0.121. The van der Waals surface area contributed by atoms with Crippen LogP contribution >= 0.6 is 15.9 Å². The number of hydrogen-bond acceptors (Lipinski definition) is 7. The Morgan fingerprint density at radius 1 is 1.33 bits per heavy atom. The number of aryl methyl sites for hydroxylation is 1. The van der Waals surface area contributed by atoms with Gasteiger partial charge >= 0.3 is 0 Å². The van der Waals surface area contributed by atoms with Crippen molar-refractivity contribution < 1.29 is 9.53 Å². The van der Waals surface area contributed by atoms with Gasteiger partial charge in [0.05, 0.1) is 17.6 Å². The maximum atomic E-state index is 12.7. The number of halogens is 1. The van der Waals surface area contributed by atoms with Crippen LogP contribution in [0.5, 0.6) is 5.75 Å². The lowest BCUT2D eigenvalue weighted by Crippen LogP contribution is -2.53. The lowest BCUT2D eigenvalue weighted by Gasteiger charge is -2.37. The Kier molecular flexibility index (Phi) is 7.56. The number of nitrogens with zero attached hydrogens (tertiary/aromatic N) is 5. The molecule has 1 aliphatic rings. The Balaban J connectivity index is 1.38. The molecule has 3 heterocycles. The van der Waals surface area contributed by atoms with Crippen LogP contribution in [0.1, 0.15) is 17.7 Å². The van der Waals surface area contributed by atoms with Crippen LogP contribution in [-0.4, -0.2) is 64.8 Å². The van der Waals surface area contributed by atoms with E-state index in [4.69, 9.17) is 9.72 Å². The summed E-state index contributed by atoms with van der Waals surface area (Å²) in [4.78, 5) is 28.3. The fourth-order valence-corrected chi connectivity index (χ4v) is 4.51. The van der Waals surface area contributed by atoms with Gasteiger partial charge in [0.25, 0.3) is 0 Å². The van der Waals surface area contributed by atoms with Gasteiger partial charge in [0, 0.05) is 56.8 Å². The van der Waals surface area contributed by atoms with E-state index in [2.05, 4.69) is 41.4 Å². The van der Waals surface area contributed by atoms with E-state index in [0.717, 1.165) is 53.4 Å². The molecule has 2 aromatic heterocycles. The molecule has 3 aromatic rings. The average molecular weight is 514 g/mol. The van der Waals surface area contributed by atoms with Crippen LogP contribution in [0.2, 0.25) is 0 Å². The molecule has 1 aliphatic heterocycles. The summed E-state index contributed by atoms with van der Waals surface area (Å²) >= 11 is 3.51. The maximum absolute atomic E-state index is 12.7. The molecule has 33 heavy (non-hydrogen) atoms. The van der Waals surface area contributed by atoms with Gasteiger partial charge in [0.2, 0.25) is 11.9 Å². The van der Waals surface area contributed by atoms with Crippen LogP contribution in [0.15, 0.2) is 47.5 Å². The van der Waals surface area contributed by atoms with Crippen molar-refractivity contribution in [1.29, 1.82) is 0 Å². The van der Waals surface area contributed by atoms with Crippen molar-refractivity contribution in [2.45, 2.75) is 25.8 Å². The van der Waals surface area contributed by atoms with E-state index < -0.39 is 0 Å². The summed E-state index contributed by atoms with van der Waals surface area (Å²) in [6.07, 6.45) is 6.35. The minimum absolute atomic E-state index is 0.0128. The zero-order chi connectivity index (χ0) is 23.2. The van der Waals surface area contributed by atoms with Gasteiger partial charge in [0.1, 0.15) is 17.9 Å². The molecule has 10 heteroatoms. The molecule has 0 aliphatic carbocycles. The van der Waals surface area contributed by atoms with Gasteiger partial charge in [-0.1, -0.05) is 6.07 Å². The minimum Gasteiger partial charge on any atom is -0.496 e. The number of hydrogen-bond donors (Lipinski definition) is 2. The molecule has 0 radical (unpaired) electrons. The second-order valence-electron chi connectivity index (χ2n) is 7.96. The molecule has 0 spiro atoms. The van der Waals surface area contributed by atoms with Crippen molar-refractivity contribution in [3.05, 3.63) is 58.7 Å². The molecular weight excluding hydrogens is 486 g/mol. The van der Waals surface area contributed by atoms with Crippen LogP contribution in [0.25, 0.3) is 5.95 Å². The summed E-state index contributed by atoms with van der Waals surface area (Å²) in [5.41, 5.74) is 2.00. The Labute approximate surface area is 201 Å². The van der Waals surface area contributed by atoms with Crippen LogP contribution in [0.4, 0.5) is 5.82 Å². The molecule has 174 valence electrons. The van der Waals surface area contributed by atoms with E-state index in [9.17, 15) is 4.79 Å². The highest BCUT2D eigenvalue weighted by molar-refractivity contribution is 9.10. The van der Waals surface area contributed by atoms with Crippen LogP contribution < -0.4 is 20.3 Å². The predicted molar refractivity (Wildman–Crippen MR) is 130 cm³/mol. The van der Waals surface area contributed by atoms with E-state index in [1.807, 2.05) is 37.4 Å². The first-order valence-electron chi connectivity index (χ1n) is 10.9. The number of aromatic nitrogens is 4. The molecule has 4 rings (SSSR count). The molecule has 0 bridgehead atoms. The molecule has 1 saturated heterocycles. The van der Waals surface area contributed by atoms with Crippen LogP contribution in [0, 0.1) is 6.92 Å². The van der Waals surface area contributed by atoms with Crippen molar-refractivity contribution in [2.24, 2.45) is 0 Å². The maximum Gasteiger partial charge on any atom is 0.237 e. The summed E-state index contributed by atoms with van der Waals surface area (Å²) in [6, 6.07) is 7.94. The van der Waals surface area contributed by atoms with E-state index in [0.29, 0.717) is 18.9 Å². The van der Waals surface area contributed by atoms with Crippen molar-refractivity contribution in [3.63, 3.8) is 0 Å². The zero-order valence-corrected chi connectivity index (χ0v) is 20.4. The molecule has 2 N–H and O–H groups in total. The van der Waals surface area contributed by atoms with E-state index in [1.165, 1.54) is 0 Å². The lowest BCUT2D eigenvalue weighted by atomic mass is 10.1. The van der Waals surface area contributed by atoms with Crippen molar-refractivity contribution in [1.82, 2.24) is 30.2 Å². The van der Waals surface area contributed by atoms with E-state index in [-0.39, 0.29) is 11.9 Å². The number of amides is 1. The summed E-state index contributed by atoms with van der Waals surface area (Å²) in [7, 11) is 1.64. The highest BCUT2D eigenvalue weighted by atomic mass is 79.9. The smallest absolute Gasteiger partial charge is 0.237 e. The number of anilines is 1. The third kappa shape index (κ3) is 5.88. The highest BCUT2D eigenvalue weighted by Crippen LogP contribution is 2.25. The fraction of sp³-hybridized carbons (Fsp3) is 0.391. The van der Waals surface area contributed by atoms with Crippen molar-refractivity contribution >= 4 is 27.7 Å². The largest absolute Gasteiger partial charge is 0.496 e. The minimum atomic E-state index is 0.0128. The Bertz CT molecular complexity index is 1090. The molecule has 1 aromatic carbocycles. The van der Waals surface area contributed by atoms with Gasteiger partial charge < -0.3 is 20.3 Å². The van der Waals surface area contributed by atoms with E-state index >= 15 is 0 Å². The normalized spacial score (nSPS) is 16.0. The number of benzene rings is 1. The molecule has 1 fully saturated rings. The number of rotatable bonds is 8. The molecule has 1 amide bonds. The highest BCUT2D eigenvalue weighted by Gasteiger charge is 2.26. The third-order valence-corrected chi connectivity index (χ3v) is 6.20. The SMILES string of the molecule is COc1ccc(CCNC(=O)CC2CNCCN2c2cc(C)nc(-n3ccnc3)n2)cc1Br. The zero-order valence-electron chi connectivity index (χ0n) is 18.8. The first-order chi connectivity index (χ1) is 16.0. The standard InChI is InChI=1S/C23H28BrN7O2/c1-16-11-21(29-23(28-16)30-9-7-26-15-30)31-10-8-25-14-18(31)13-22(32)27-6-5-17-3-4-20(33-2)19(24)12-17/h3-4,7,9,11-12,15,18,25H,5-6,8,10,13-14H2,1-2H3,(H,27,32). The molecule has 9 nitrogen and oxygen atoms in total. The number of imidazole rings is 1. The quantitative estimate of drug-likeness (QED) is 0.476. The average Bonchev–Trinajstić information content (AvgIpc) is 3.34. The van der Waals surface area contributed by atoms with Crippen LogP contribution in [-0.2, 0) is 11.2 Å². The summed E-state index contributed by atoms with van der Waals surface area (Å²) < 4.78 is 7.97. The van der Waals surface area contributed by atoms with Crippen LogP contribution in [0.3, 0.4) is 0 Å². The monoisotopic (exact) mass is 513 g/mol. The number of piperazine rings is 1. The molecular formula is C23H28BrN7O2. The van der Waals surface area contributed by atoms with Gasteiger partial charge in [-0.2, -0.15) is 4.98 Å². The summed E-state index contributed by atoms with van der Waals surface area (Å²) in [5.74, 6) is 2.23. The molecule has 1 atom stereocenters. The van der Waals surface area contributed by atoms with Crippen molar-refractivity contribution in [3.8, 4) is 11.7 Å². The Morgan fingerprint density at radius 3 is 2.97 bits per heavy atom. The van der Waals surface area contributed by atoms with Gasteiger partial charge in [-0.25, -0.2) is 9.97 Å². The number of carbonyl (C=O) groups excluding carboxylic acids is 1. The second-order valence-corrected chi connectivity index (χ2v) is 8.82. The first kappa shape index (κ1) is 23.2. The summed E-state index contributed by atoms with van der Waals surface area (Å²) in [6.45, 7) is 4.87. The number of ether oxygens (including phenoxy) is 1. The summed E-state index contributed by atoms with van der Waals surface area (Å²) in [5, 5.41) is 6.46. The number of methoxy groups -OCH3 is 1. The number of nitrogens with one attached hydrogen (secondary N) is 2. The second kappa shape index (κ2) is 10.8. The Morgan fingerprint density at radius 2 is 2.21 bits per heavy atom. The van der Waals surface area contributed by atoms with Crippen molar-refractivity contribution in [2.75, 3.05) is 38.2 Å². The number of carbonyl (C=O) groups is 1. The predicted octanol–water partition coefficient (Wildman–Crippen LogP) is 2.27. The molecule has 0 saturated carbocycles. The molecule has 1 unspecified atom stereocenters.